The first-order chi connectivity index (χ1) is 10.8. The third kappa shape index (κ3) is 1.97. The lowest BCUT2D eigenvalue weighted by Gasteiger charge is -2.16. The van der Waals surface area contributed by atoms with Crippen molar-refractivity contribution in [3.63, 3.8) is 0 Å². The predicted octanol–water partition coefficient (Wildman–Crippen LogP) is 4.00. The SMILES string of the molecule is Cc1cccc2nc(-c3ccc4c(c3)CCCC4)c(C=O)n12. The molecule has 0 N–H and O–H groups in total. The Hall–Kier alpha value is -2.42. The van der Waals surface area contributed by atoms with Crippen LogP contribution in [0.3, 0.4) is 0 Å². The van der Waals surface area contributed by atoms with E-state index in [1.165, 1.54) is 30.4 Å². The van der Waals surface area contributed by atoms with Crippen LogP contribution in [0, 0.1) is 6.92 Å². The molecule has 2 heterocycles. The topological polar surface area (TPSA) is 34.4 Å². The maximum atomic E-state index is 11.7. The van der Waals surface area contributed by atoms with E-state index in [4.69, 9.17) is 4.98 Å². The summed E-state index contributed by atoms with van der Waals surface area (Å²) in [5, 5.41) is 0. The number of hydrogen-bond acceptors (Lipinski definition) is 2. The highest BCUT2D eigenvalue weighted by Crippen LogP contribution is 2.29. The summed E-state index contributed by atoms with van der Waals surface area (Å²) in [6, 6.07) is 12.4. The number of carbonyl (C=O) groups is 1. The van der Waals surface area contributed by atoms with Gasteiger partial charge >= 0.3 is 0 Å². The summed E-state index contributed by atoms with van der Waals surface area (Å²) >= 11 is 0. The molecule has 4 rings (SSSR count). The molecule has 1 aliphatic carbocycles. The Morgan fingerprint density at radius 1 is 1.09 bits per heavy atom. The minimum Gasteiger partial charge on any atom is -0.296 e. The van der Waals surface area contributed by atoms with Gasteiger partial charge < -0.3 is 0 Å². The van der Waals surface area contributed by atoms with E-state index in [1.807, 2.05) is 29.5 Å². The van der Waals surface area contributed by atoms with Crippen molar-refractivity contribution in [1.82, 2.24) is 9.38 Å². The Kier molecular flexibility index (Phi) is 3.07. The molecule has 0 unspecified atom stereocenters. The summed E-state index contributed by atoms with van der Waals surface area (Å²) in [5.74, 6) is 0. The molecular weight excluding hydrogens is 272 g/mol. The monoisotopic (exact) mass is 290 g/mol. The van der Waals surface area contributed by atoms with Gasteiger partial charge in [0.05, 0.1) is 0 Å². The fourth-order valence-electron chi connectivity index (χ4n) is 3.48. The van der Waals surface area contributed by atoms with Crippen LogP contribution in [0.1, 0.15) is 40.2 Å². The molecule has 110 valence electrons. The Bertz CT molecular complexity index is 877. The van der Waals surface area contributed by atoms with Crippen LogP contribution in [0.15, 0.2) is 36.4 Å². The van der Waals surface area contributed by atoms with Crippen LogP contribution in [0.25, 0.3) is 16.9 Å². The lowest BCUT2D eigenvalue weighted by Crippen LogP contribution is -2.02. The van der Waals surface area contributed by atoms with Gasteiger partial charge in [0.25, 0.3) is 0 Å². The molecular formula is C19H18N2O. The number of benzene rings is 1. The van der Waals surface area contributed by atoms with Crippen LogP contribution in [0.2, 0.25) is 0 Å². The minimum atomic E-state index is 0.642. The lowest BCUT2D eigenvalue weighted by molar-refractivity contribution is 0.111. The first kappa shape index (κ1) is 13.3. The van der Waals surface area contributed by atoms with Crippen LogP contribution in [-0.4, -0.2) is 15.7 Å². The molecule has 22 heavy (non-hydrogen) atoms. The Morgan fingerprint density at radius 2 is 1.91 bits per heavy atom. The first-order valence-electron chi connectivity index (χ1n) is 7.83. The van der Waals surface area contributed by atoms with Gasteiger partial charge in [-0.15, -0.1) is 0 Å². The summed E-state index contributed by atoms with van der Waals surface area (Å²) in [7, 11) is 0. The van der Waals surface area contributed by atoms with E-state index in [0.717, 1.165) is 35.3 Å². The number of carbonyl (C=O) groups excluding carboxylic acids is 1. The van der Waals surface area contributed by atoms with Crippen LogP contribution in [-0.2, 0) is 12.8 Å². The van der Waals surface area contributed by atoms with Crippen molar-refractivity contribution in [3.05, 3.63) is 58.9 Å². The Balaban J connectivity index is 1.94. The molecule has 0 saturated heterocycles. The van der Waals surface area contributed by atoms with Gasteiger partial charge in [-0.05, 0) is 61.9 Å². The summed E-state index contributed by atoms with van der Waals surface area (Å²) in [6.45, 7) is 2.00. The summed E-state index contributed by atoms with van der Waals surface area (Å²) < 4.78 is 1.93. The van der Waals surface area contributed by atoms with Crippen molar-refractivity contribution in [2.45, 2.75) is 32.6 Å². The molecule has 0 atom stereocenters. The number of aromatic nitrogens is 2. The lowest BCUT2D eigenvalue weighted by atomic mass is 9.90. The maximum absolute atomic E-state index is 11.7. The van der Waals surface area contributed by atoms with Crippen molar-refractivity contribution in [2.24, 2.45) is 0 Å². The molecule has 1 aliphatic rings. The highest BCUT2D eigenvalue weighted by Gasteiger charge is 2.17. The average Bonchev–Trinajstić information content (AvgIpc) is 2.94. The van der Waals surface area contributed by atoms with Gasteiger partial charge in [0.2, 0.25) is 0 Å². The van der Waals surface area contributed by atoms with Crippen LogP contribution < -0.4 is 0 Å². The predicted molar refractivity (Wildman–Crippen MR) is 87.4 cm³/mol. The number of aldehydes is 1. The number of imidazole rings is 1. The number of fused-ring (bicyclic) bond motifs is 2. The number of aryl methyl sites for hydroxylation is 3. The molecule has 0 spiro atoms. The van der Waals surface area contributed by atoms with E-state index in [2.05, 4.69) is 18.2 Å². The van der Waals surface area contributed by atoms with Crippen molar-refractivity contribution < 1.29 is 4.79 Å². The third-order valence-corrected chi connectivity index (χ3v) is 4.61. The van der Waals surface area contributed by atoms with Crippen molar-refractivity contribution in [3.8, 4) is 11.3 Å². The van der Waals surface area contributed by atoms with Gasteiger partial charge in [0.1, 0.15) is 17.0 Å². The molecule has 2 aromatic heterocycles. The molecule has 3 aromatic rings. The van der Waals surface area contributed by atoms with Crippen molar-refractivity contribution in [1.29, 1.82) is 0 Å². The largest absolute Gasteiger partial charge is 0.296 e. The molecule has 0 bridgehead atoms. The van der Waals surface area contributed by atoms with E-state index in [-0.39, 0.29) is 0 Å². The first-order valence-corrected chi connectivity index (χ1v) is 7.83. The zero-order valence-corrected chi connectivity index (χ0v) is 12.7. The number of hydrogen-bond donors (Lipinski definition) is 0. The van der Waals surface area contributed by atoms with E-state index >= 15 is 0 Å². The maximum Gasteiger partial charge on any atom is 0.169 e. The normalized spacial score (nSPS) is 14.0. The zero-order chi connectivity index (χ0) is 15.1. The van der Waals surface area contributed by atoms with Crippen LogP contribution in [0.4, 0.5) is 0 Å². The molecule has 0 saturated carbocycles. The number of nitrogens with zero attached hydrogens (tertiary/aromatic N) is 2. The van der Waals surface area contributed by atoms with Gasteiger partial charge in [-0.1, -0.05) is 18.2 Å². The van der Waals surface area contributed by atoms with Crippen molar-refractivity contribution >= 4 is 11.9 Å². The molecule has 0 radical (unpaired) electrons. The summed E-state index contributed by atoms with van der Waals surface area (Å²) in [5.41, 5.74) is 7.19. The van der Waals surface area contributed by atoms with E-state index in [0.29, 0.717) is 5.69 Å². The highest BCUT2D eigenvalue weighted by molar-refractivity contribution is 5.86. The Morgan fingerprint density at radius 3 is 2.73 bits per heavy atom. The fourth-order valence-corrected chi connectivity index (χ4v) is 3.48. The number of rotatable bonds is 2. The molecule has 0 amide bonds. The van der Waals surface area contributed by atoms with Crippen molar-refractivity contribution in [2.75, 3.05) is 0 Å². The quantitative estimate of drug-likeness (QED) is 0.668. The average molecular weight is 290 g/mol. The minimum absolute atomic E-state index is 0.642. The summed E-state index contributed by atoms with van der Waals surface area (Å²) in [6.07, 6.45) is 5.75. The fraction of sp³-hybridized carbons (Fsp3) is 0.263. The summed E-state index contributed by atoms with van der Waals surface area (Å²) in [4.78, 5) is 16.4. The molecule has 3 nitrogen and oxygen atoms in total. The molecule has 0 aliphatic heterocycles. The standard InChI is InChI=1S/C19H18N2O/c1-13-5-4-8-18-20-19(17(12-22)21(13)18)16-10-9-14-6-2-3-7-15(14)11-16/h4-5,8-12H,2-3,6-7H2,1H3. The van der Waals surface area contributed by atoms with Gasteiger partial charge in [-0.3, -0.25) is 9.20 Å². The van der Waals surface area contributed by atoms with E-state index in [1.54, 1.807) is 0 Å². The van der Waals surface area contributed by atoms with Gasteiger partial charge in [-0.2, -0.15) is 0 Å². The van der Waals surface area contributed by atoms with Crippen LogP contribution >= 0.6 is 0 Å². The molecule has 3 heteroatoms. The third-order valence-electron chi connectivity index (χ3n) is 4.61. The van der Waals surface area contributed by atoms with E-state index in [9.17, 15) is 4.79 Å². The number of pyridine rings is 1. The smallest absolute Gasteiger partial charge is 0.169 e. The van der Waals surface area contributed by atoms with Gasteiger partial charge in [0, 0.05) is 11.3 Å². The van der Waals surface area contributed by atoms with E-state index < -0.39 is 0 Å². The van der Waals surface area contributed by atoms with Crippen LogP contribution in [0.5, 0.6) is 0 Å². The molecule has 1 aromatic carbocycles. The zero-order valence-electron chi connectivity index (χ0n) is 12.7. The second kappa shape index (κ2) is 5.09. The van der Waals surface area contributed by atoms with Gasteiger partial charge in [-0.25, -0.2) is 4.98 Å². The van der Waals surface area contributed by atoms with Gasteiger partial charge in [0.15, 0.2) is 6.29 Å². The second-order valence-corrected chi connectivity index (χ2v) is 6.01. The second-order valence-electron chi connectivity index (χ2n) is 6.01. The highest BCUT2D eigenvalue weighted by atomic mass is 16.1. The Labute approximate surface area is 129 Å². The molecule has 0 fully saturated rings.